The molecule has 0 bridgehead atoms. The molecule has 0 aliphatic heterocycles. The normalized spacial score (nSPS) is 16.7. The molecule has 0 rings (SSSR count). The number of hydrogen-bond donors (Lipinski definition) is 3. The quantitative estimate of drug-likeness (QED) is 0.501. The molecule has 0 aliphatic carbocycles. The Balaban J connectivity index is 4.82. The van der Waals surface area contributed by atoms with E-state index in [9.17, 15) is 13.2 Å². The molecule has 0 radical (unpaired) electrons. The third-order valence-corrected chi connectivity index (χ3v) is 3.08. The van der Waals surface area contributed by atoms with Gasteiger partial charge in [0.2, 0.25) is 0 Å². The molecule has 0 aromatic heterocycles. The summed E-state index contributed by atoms with van der Waals surface area (Å²) >= 11 is 0. The molecule has 0 aromatic carbocycles. The maximum atomic E-state index is 11.4. The van der Waals surface area contributed by atoms with Gasteiger partial charge in [-0.05, 0) is 5.92 Å². The average molecular weight is 224 g/mol. The van der Waals surface area contributed by atoms with E-state index in [0.717, 1.165) is 0 Å². The van der Waals surface area contributed by atoms with Crippen molar-refractivity contribution in [1.82, 2.24) is 0 Å². The predicted molar refractivity (Wildman–Crippen MR) is 52.2 cm³/mol. The summed E-state index contributed by atoms with van der Waals surface area (Å²) in [6, 6.07) is -0.925. The van der Waals surface area contributed by atoms with Gasteiger partial charge in [-0.2, -0.15) is 8.42 Å². The van der Waals surface area contributed by atoms with Crippen LogP contribution in [-0.4, -0.2) is 36.6 Å². The van der Waals surface area contributed by atoms with Gasteiger partial charge < -0.3 is 11.5 Å². The number of hydrogen-bond acceptors (Lipinski definition) is 5. The topological polar surface area (TPSA) is 123 Å². The molecule has 84 valence electrons. The number of carbonyl (C=O) groups is 1. The Labute approximate surface area is 83.4 Å². The van der Waals surface area contributed by atoms with E-state index >= 15 is 0 Å². The summed E-state index contributed by atoms with van der Waals surface area (Å²) in [4.78, 5) is 11.4. The number of carbonyl (C=O) groups excluding carboxylic acids is 1. The second-order valence-corrected chi connectivity index (χ2v) is 5.01. The SMILES string of the molecule is CC(C)[C@H](N)C(=O)C(CN)S(=O)(=O)O. The van der Waals surface area contributed by atoms with Gasteiger partial charge in [-0.25, -0.2) is 0 Å². The molecular weight excluding hydrogens is 208 g/mol. The first-order valence-electron chi connectivity index (χ1n) is 4.17. The van der Waals surface area contributed by atoms with E-state index < -0.39 is 33.7 Å². The van der Waals surface area contributed by atoms with E-state index in [2.05, 4.69) is 0 Å². The van der Waals surface area contributed by atoms with Crippen LogP contribution in [0, 0.1) is 5.92 Å². The lowest BCUT2D eigenvalue weighted by molar-refractivity contribution is -0.120. The summed E-state index contributed by atoms with van der Waals surface area (Å²) in [5.41, 5.74) is 10.5. The van der Waals surface area contributed by atoms with Gasteiger partial charge in [0.25, 0.3) is 10.1 Å². The number of ketones is 1. The van der Waals surface area contributed by atoms with Crippen molar-refractivity contribution < 1.29 is 17.8 Å². The minimum Gasteiger partial charge on any atom is -0.329 e. The third-order valence-electron chi connectivity index (χ3n) is 1.94. The fraction of sp³-hybridized carbons (Fsp3) is 0.857. The zero-order valence-corrected chi connectivity index (χ0v) is 8.99. The molecule has 0 fully saturated rings. The average Bonchev–Trinajstić information content (AvgIpc) is 2.01. The summed E-state index contributed by atoms with van der Waals surface area (Å²) in [7, 11) is -4.45. The van der Waals surface area contributed by atoms with E-state index in [1.54, 1.807) is 13.8 Å². The molecule has 0 saturated heterocycles. The monoisotopic (exact) mass is 224 g/mol. The Morgan fingerprint density at radius 1 is 1.43 bits per heavy atom. The summed E-state index contributed by atoms with van der Waals surface area (Å²) in [6.45, 7) is 2.90. The van der Waals surface area contributed by atoms with E-state index in [-0.39, 0.29) is 5.92 Å². The summed E-state index contributed by atoms with van der Waals surface area (Å²) in [6.07, 6.45) is 0. The van der Waals surface area contributed by atoms with Crippen LogP contribution in [0.2, 0.25) is 0 Å². The molecule has 0 aliphatic rings. The first kappa shape index (κ1) is 13.5. The van der Waals surface area contributed by atoms with Crippen LogP contribution in [0.15, 0.2) is 0 Å². The molecular formula is C7H16N2O4S. The Morgan fingerprint density at radius 2 is 1.86 bits per heavy atom. The van der Waals surface area contributed by atoms with Gasteiger partial charge in [0, 0.05) is 6.54 Å². The highest BCUT2D eigenvalue weighted by molar-refractivity contribution is 7.87. The Kier molecular flexibility index (Phi) is 4.66. The molecule has 1 unspecified atom stereocenters. The molecule has 0 heterocycles. The number of nitrogens with two attached hydrogens (primary N) is 2. The fourth-order valence-corrected chi connectivity index (χ4v) is 1.62. The van der Waals surface area contributed by atoms with Crippen LogP contribution >= 0.6 is 0 Å². The minimum absolute atomic E-state index is 0.196. The van der Waals surface area contributed by atoms with Gasteiger partial charge in [0.1, 0.15) is 0 Å². The fourth-order valence-electron chi connectivity index (χ4n) is 0.928. The van der Waals surface area contributed by atoms with E-state index in [4.69, 9.17) is 16.0 Å². The number of Topliss-reactive ketones (excluding diaryl/α,β-unsaturated/α-hetero) is 1. The van der Waals surface area contributed by atoms with E-state index in [0.29, 0.717) is 0 Å². The van der Waals surface area contributed by atoms with Crippen molar-refractivity contribution in [2.75, 3.05) is 6.54 Å². The Morgan fingerprint density at radius 3 is 2.07 bits per heavy atom. The van der Waals surface area contributed by atoms with Crippen molar-refractivity contribution in [3.8, 4) is 0 Å². The highest BCUT2D eigenvalue weighted by atomic mass is 32.2. The van der Waals surface area contributed by atoms with Gasteiger partial charge >= 0.3 is 0 Å². The van der Waals surface area contributed by atoms with Crippen molar-refractivity contribution in [2.24, 2.45) is 17.4 Å². The van der Waals surface area contributed by atoms with E-state index in [1.165, 1.54) is 0 Å². The summed E-state index contributed by atoms with van der Waals surface area (Å²) in [5, 5.41) is -1.61. The first-order valence-corrected chi connectivity index (χ1v) is 5.67. The van der Waals surface area contributed by atoms with Crippen molar-refractivity contribution in [3.05, 3.63) is 0 Å². The predicted octanol–water partition coefficient (Wildman–Crippen LogP) is -1.25. The second-order valence-electron chi connectivity index (χ2n) is 3.41. The Bertz CT molecular complexity index is 299. The van der Waals surface area contributed by atoms with Crippen LogP contribution < -0.4 is 11.5 Å². The summed E-state index contributed by atoms with van der Waals surface area (Å²) < 4.78 is 30.2. The van der Waals surface area contributed by atoms with Crippen molar-refractivity contribution in [1.29, 1.82) is 0 Å². The standard InChI is InChI=1S/C7H16N2O4S/c1-4(2)6(9)7(10)5(3-8)14(11,12)13/h4-6H,3,8-9H2,1-2H3,(H,11,12,13)/t5?,6-/m0/s1. The molecule has 6 nitrogen and oxygen atoms in total. The van der Waals surface area contributed by atoms with Crippen LogP contribution in [0.1, 0.15) is 13.8 Å². The van der Waals surface area contributed by atoms with Crippen LogP contribution in [0.5, 0.6) is 0 Å². The van der Waals surface area contributed by atoms with E-state index in [1.807, 2.05) is 0 Å². The van der Waals surface area contributed by atoms with Crippen LogP contribution in [0.25, 0.3) is 0 Å². The minimum atomic E-state index is -4.45. The van der Waals surface area contributed by atoms with Gasteiger partial charge in [-0.1, -0.05) is 13.8 Å². The van der Waals surface area contributed by atoms with Crippen molar-refractivity contribution in [3.63, 3.8) is 0 Å². The molecule has 5 N–H and O–H groups in total. The largest absolute Gasteiger partial charge is 0.329 e. The van der Waals surface area contributed by atoms with Crippen molar-refractivity contribution in [2.45, 2.75) is 25.1 Å². The van der Waals surface area contributed by atoms with Gasteiger partial charge in [-0.15, -0.1) is 0 Å². The maximum absolute atomic E-state index is 11.4. The molecule has 0 saturated carbocycles. The molecule has 0 aromatic rings. The zero-order chi connectivity index (χ0) is 11.5. The molecule has 2 atom stereocenters. The smallest absolute Gasteiger partial charge is 0.276 e. The van der Waals surface area contributed by atoms with Gasteiger partial charge in [-0.3, -0.25) is 9.35 Å². The van der Waals surface area contributed by atoms with Crippen LogP contribution in [0.3, 0.4) is 0 Å². The molecule has 0 spiro atoms. The molecule has 0 amide bonds. The highest BCUT2D eigenvalue weighted by Crippen LogP contribution is 2.07. The zero-order valence-electron chi connectivity index (χ0n) is 8.17. The first-order chi connectivity index (χ1) is 6.21. The van der Waals surface area contributed by atoms with Crippen LogP contribution in [-0.2, 0) is 14.9 Å². The highest BCUT2D eigenvalue weighted by Gasteiger charge is 2.34. The lowest BCUT2D eigenvalue weighted by Gasteiger charge is -2.18. The number of rotatable bonds is 5. The van der Waals surface area contributed by atoms with Crippen LogP contribution in [0.4, 0.5) is 0 Å². The van der Waals surface area contributed by atoms with Gasteiger partial charge in [0.15, 0.2) is 11.0 Å². The lowest BCUT2D eigenvalue weighted by Crippen LogP contribution is -2.48. The third kappa shape index (κ3) is 3.33. The van der Waals surface area contributed by atoms with Gasteiger partial charge in [0.05, 0.1) is 6.04 Å². The second kappa shape index (κ2) is 4.83. The summed E-state index contributed by atoms with van der Waals surface area (Å²) in [5.74, 6) is -0.941. The lowest BCUT2D eigenvalue weighted by atomic mass is 9.99. The molecule has 14 heavy (non-hydrogen) atoms. The maximum Gasteiger partial charge on any atom is 0.276 e. The van der Waals surface area contributed by atoms with Crippen molar-refractivity contribution >= 4 is 15.9 Å². The Hall–Kier alpha value is -0.500. The molecule has 7 heteroatoms.